The molecule has 2 amide bonds. The van der Waals surface area contributed by atoms with E-state index in [4.69, 9.17) is 28.3 Å². The number of amides is 2. The summed E-state index contributed by atoms with van der Waals surface area (Å²) < 4.78 is 51.7. The Hall–Kier alpha value is -3.00. The van der Waals surface area contributed by atoms with Crippen LogP contribution in [-0.2, 0) is 20.0 Å². The molecule has 0 bridgehead atoms. The van der Waals surface area contributed by atoms with E-state index in [1.54, 1.807) is 0 Å². The van der Waals surface area contributed by atoms with Gasteiger partial charge in [0, 0.05) is 37.3 Å². The van der Waals surface area contributed by atoms with Gasteiger partial charge in [0.05, 0.1) is 16.1 Å². The van der Waals surface area contributed by atoms with Crippen LogP contribution in [0.15, 0.2) is 76.5 Å². The number of hydrogen-bond acceptors (Lipinski definition) is 6. The van der Waals surface area contributed by atoms with Crippen LogP contribution in [0.25, 0.3) is 0 Å². The van der Waals surface area contributed by atoms with Gasteiger partial charge in [0.25, 0.3) is 11.8 Å². The number of hydrogen-bond donors (Lipinski definition) is 2. The van der Waals surface area contributed by atoms with Gasteiger partial charge in [-0.3, -0.25) is 9.59 Å². The van der Waals surface area contributed by atoms with Crippen molar-refractivity contribution in [3.63, 3.8) is 0 Å². The molecular formula is C26H26Cl2N4O6S2. The van der Waals surface area contributed by atoms with Crippen molar-refractivity contribution in [1.82, 2.24) is 14.5 Å². The minimum atomic E-state index is -4.15. The highest BCUT2D eigenvalue weighted by Gasteiger charge is 2.33. The Kier molecular flexibility index (Phi) is 8.88. The first kappa shape index (κ1) is 30.0. The van der Waals surface area contributed by atoms with Crippen molar-refractivity contribution >= 4 is 55.1 Å². The number of piperazine rings is 1. The molecule has 3 aromatic rings. The van der Waals surface area contributed by atoms with Crippen molar-refractivity contribution in [3.05, 3.63) is 93.5 Å². The Bertz CT molecular complexity index is 1660. The Balaban J connectivity index is 1.47. The lowest BCUT2D eigenvalue weighted by molar-refractivity contribution is 0.0697. The van der Waals surface area contributed by atoms with Gasteiger partial charge in [-0.25, -0.2) is 22.0 Å². The molecule has 1 heterocycles. The lowest BCUT2D eigenvalue weighted by Gasteiger charge is -2.34. The Morgan fingerprint density at radius 3 is 1.98 bits per heavy atom. The van der Waals surface area contributed by atoms with Gasteiger partial charge >= 0.3 is 0 Å². The maximum Gasteiger partial charge on any atom is 0.253 e. The van der Waals surface area contributed by atoms with E-state index in [1.807, 2.05) is 37.3 Å². The molecule has 1 aliphatic heterocycles. The van der Waals surface area contributed by atoms with E-state index in [1.165, 1.54) is 39.5 Å². The average Bonchev–Trinajstić information content (AvgIpc) is 2.93. The molecule has 14 heteroatoms. The summed E-state index contributed by atoms with van der Waals surface area (Å²) >= 11 is 12.2. The summed E-state index contributed by atoms with van der Waals surface area (Å²) in [4.78, 5) is 26.7. The van der Waals surface area contributed by atoms with E-state index in [0.717, 1.165) is 11.6 Å². The van der Waals surface area contributed by atoms with Crippen LogP contribution in [0.2, 0.25) is 10.0 Å². The smallest absolute Gasteiger partial charge is 0.253 e. The first-order chi connectivity index (χ1) is 18.8. The van der Waals surface area contributed by atoms with E-state index < -0.39 is 31.9 Å². The van der Waals surface area contributed by atoms with Gasteiger partial charge in [0.2, 0.25) is 20.0 Å². The molecule has 1 atom stereocenters. The Morgan fingerprint density at radius 1 is 0.825 bits per heavy atom. The first-order valence-corrected chi connectivity index (χ1v) is 15.8. The second kappa shape index (κ2) is 11.9. The zero-order valence-electron chi connectivity index (χ0n) is 21.3. The molecule has 0 unspecified atom stereocenters. The molecule has 1 saturated heterocycles. The fraction of sp³-hybridized carbons (Fsp3) is 0.231. The van der Waals surface area contributed by atoms with Gasteiger partial charge < -0.3 is 10.2 Å². The largest absolute Gasteiger partial charge is 0.346 e. The van der Waals surface area contributed by atoms with Crippen LogP contribution in [-0.4, -0.2) is 64.0 Å². The number of nitrogens with one attached hydrogen (secondary N) is 1. The van der Waals surface area contributed by atoms with Gasteiger partial charge in [-0.2, -0.15) is 4.31 Å². The number of carbonyl (C=O) groups is 2. The maximum absolute atomic E-state index is 13.5. The van der Waals surface area contributed by atoms with Crippen molar-refractivity contribution in [1.29, 1.82) is 0 Å². The molecule has 10 nitrogen and oxygen atoms in total. The number of primary sulfonamides is 1. The fourth-order valence-electron chi connectivity index (χ4n) is 4.25. The lowest BCUT2D eigenvalue weighted by Crippen LogP contribution is -2.50. The first-order valence-electron chi connectivity index (χ1n) is 12.1. The lowest BCUT2D eigenvalue weighted by atomic mass is 10.1. The summed E-state index contributed by atoms with van der Waals surface area (Å²) in [7, 11) is -8.25. The number of nitrogens with zero attached hydrogens (tertiary/aromatic N) is 2. The number of carbonyl (C=O) groups excluding carboxylic acids is 2. The summed E-state index contributed by atoms with van der Waals surface area (Å²) in [6.07, 6.45) is 0. The van der Waals surface area contributed by atoms with E-state index in [-0.39, 0.29) is 63.2 Å². The highest BCUT2D eigenvalue weighted by Crippen LogP contribution is 2.28. The van der Waals surface area contributed by atoms with Crippen molar-refractivity contribution < 1.29 is 26.4 Å². The van der Waals surface area contributed by atoms with Gasteiger partial charge in [0.15, 0.2) is 0 Å². The van der Waals surface area contributed by atoms with Crippen LogP contribution in [0.3, 0.4) is 0 Å². The molecule has 0 spiro atoms. The standard InChI is InChI=1S/C26H26Cl2N4O6S2/c1-17(18-5-3-2-4-6-18)30-25(33)19-7-9-22(28)24(15-19)40(37,38)32-13-11-31(12-14-32)26(34)20-8-10-21(27)23(16-20)39(29,35)36/h2-10,15-17H,11-14H2,1H3,(H,30,33)(H2,29,35,36)/t17-/m1/s1. The number of halogens is 2. The van der Waals surface area contributed by atoms with Crippen LogP contribution in [0.5, 0.6) is 0 Å². The molecule has 0 aromatic heterocycles. The second-order valence-electron chi connectivity index (χ2n) is 9.14. The maximum atomic E-state index is 13.5. The number of nitrogens with two attached hydrogens (primary N) is 1. The van der Waals surface area contributed by atoms with Crippen LogP contribution in [0, 0.1) is 0 Å². The highest BCUT2D eigenvalue weighted by molar-refractivity contribution is 7.89. The predicted molar refractivity (Wildman–Crippen MR) is 151 cm³/mol. The van der Waals surface area contributed by atoms with Crippen LogP contribution in [0.4, 0.5) is 0 Å². The molecule has 212 valence electrons. The van der Waals surface area contributed by atoms with E-state index in [9.17, 15) is 26.4 Å². The Morgan fingerprint density at radius 2 is 1.38 bits per heavy atom. The normalized spacial score (nSPS) is 15.4. The fourth-order valence-corrected chi connectivity index (χ4v) is 7.25. The Labute approximate surface area is 242 Å². The van der Waals surface area contributed by atoms with Gasteiger partial charge in [-0.05, 0) is 48.9 Å². The van der Waals surface area contributed by atoms with Crippen LogP contribution in [0.1, 0.15) is 39.2 Å². The van der Waals surface area contributed by atoms with Crippen molar-refractivity contribution in [3.8, 4) is 0 Å². The monoisotopic (exact) mass is 624 g/mol. The summed E-state index contributed by atoms with van der Waals surface area (Å²) in [5.74, 6) is -0.954. The molecule has 1 aliphatic rings. The number of sulfonamides is 2. The van der Waals surface area contributed by atoms with Crippen molar-refractivity contribution in [2.45, 2.75) is 22.8 Å². The zero-order chi connectivity index (χ0) is 29.2. The van der Waals surface area contributed by atoms with E-state index in [2.05, 4.69) is 5.32 Å². The topological polar surface area (TPSA) is 147 Å². The molecule has 0 aliphatic carbocycles. The third-order valence-electron chi connectivity index (χ3n) is 6.47. The summed E-state index contributed by atoms with van der Waals surface area (Å²) in [6.45, 7) is 1.82. The molecule has 0 radical (unpaired) electrons. The number of rotatable bonds is 7. The van der Waals surface area contributed by atoms with Gasteiger partial charge in [-0.1, -0.05) is 53.5 Å². The minimum Gasteiger partial charge on any atom is -0.346 e. The predicted octanol–water partition coefficient (Wildman–Crippen LogP) is 3.28. The van der Waals surface area contributed by atoms with E-state index >= 15 is 0 Å². The molecule has 1 fully saturated rings. The SMILES string of the molecule is C[C@@H](NC(=O)c1ccc(Cl)c(S(=O)(=O)N2CCN(C(=O)c3ccc(Cl)c(S(N)(=O)=O)c3)CC2)c1)c1ccccc1. The van der Waals surface area contributed by atoms with Gasteiger partial charge in [-0.15, -0.1) is 0 Å². The second-order valence-corrected chi connectivity index (χ2v) is 13.4. The molecular weight excluding hydrogens is 599 g/mol. The quantitative estimate of drug-likeness (QED) is 0.412. The molecule has 3 aromatic carbocycles. The average molecular weight is 626 g/mol. The number of benzene rings is 3. The molecule has 40 heavy (non-hydrogen) atoms. The summed E-state index contributed by atoms with van der Waals surface area (Å²) in [5, 5.41) is 7.87. The van der Waals surface area contributed by atoms with Crippen LogP contribution < -0.4 is 10.5 Å². The summed E-state index contributed by atoms with van der Waals surface area (Å²) in [6, 6.07) is 16.8. The third-order valence-corrected chi connectivity index (χ3v) is 10.2. The molecule has 0 saturated carbocycles. The molecule has 3 N–H and O–H groups in total. The zero-order valence-corrected chi connectivity index (χ0v) is 24.4. The van der Waals surface area contributed by atoms with Crippen molar-refractivity contribution in [2.24, 2.45) is 5.14 Å². The van der Waals surface area contributed by atoms with Crippen LogP contribution >= 0.6 is 23.2 Å². The highest BCUT2D eigenvalue weighted by atomic mass is 35.5. The van der Waals surface area contributed by atoms with Gasteiger partial charge in [0.1, 0.15) is 9.79 Å². The third kappa shape index (κ3) is 6.48. The van der Waals surface area contributed by atoms with Crippen molar-refractivity contribution in [2.75, 3.05) is 26.2 Å². The molecule has 4 rings (SSSR count). The van der Waals surface area contributed by atoms with E-state index in [0.29, 0.717) is 0 Å². The minimum absolute atomic E-state index is 0.0390. The summed E-state index contributed by atoms with van der Waals surface area (Å²) in [5.41, 5.74) is 1.08.